The van der Waals surface area contributed by atoms with Gasteiger partial charge in [-0.2, -0.15) is 26.7 Å². The Morgan fingerprint density at radius 3 is 2.53 bits per heavy atom. The molecule has 0 atom stereocenters. The lowest BCUT2D eigenvalue weighted by atomic mass is 10.1. The highest BCUT2D eigenvalue weighted by Crippen LogP contribution is 2.30. The van der Waals surface area contributed by atoms with Gasteiger partial charge in [0.1, 0.15) is 17.3 Å². The quantitative estimate of drug-likeness (QED) is 0.448. The molecule has 0 bridgehead atoms. The predicted octanol–water partition coefficient (Wildman–Crippen LogP) is 3.36. The first-order chi connectivity index (χ1) is 17.9. The molecular formula is C23H25F4N7O3S. The number of nitrogens with one attached hydrogen (secondary N) is 1. The molecule has 1 amide bonds. The van der Waals surface area contributed by atoms with E-state index in [1.54, 1.807) is 22.9 Å². The Morgan fingerprint density at radius 1 is 1.16 bits per heavy atom. The fraction of sp³-hybridized carbons (Fsp3) is 0.391. The van der Waals surface area contributed by atoms with Crippen LogP contribution >= 0.6 is 0 Å². The fourth-order valence-corrected chi connectivity index (χ4v) is 5.07. The Morgan fingerprint density at radius 2 is 1.89 bits per heavy atom. The number of imidazole rings is 1. The van der Waals surface area contributed by atoms with Crippen molar-refractivity contribution in [1.29, 1.82) is 0 Å². The molecule has 0 fully saturated rings. The van der Waals surface area contributed by atoms with E-state index in [4.69, 9.17) is 0 Å². The van der Waals surface area contributed by atoms with Crippen LogP contribution in [0, 0.1) is 12.7 Å². The number of hydrazone groups is 1. The number of sulfonamides is 1. The van der Waals surface area contributed by atoms with Crippen molar-refractivity contribution in [3.8, 4) is 0 Å². The van der Waals surface area contributed by atoms with Crippen molar-refractivity contribution in [2.24, 2.45) is 5.10 Å². The zero-order valence-corrected chi connectivity index (χ0v) is 21.6. The SMILES string of the molecule is CCC1=NN(c2ccc(CNC(=O)c3c(CC)nc4ncc(C)cn34)cc2F)CCN1S(=O)(=O)C(F)(F)F. The molecule has 1 aliphatic rings. The van der Waals surface area contributed by atoms with E-state index in [1.807, 2.05) is 13.8 Å². The molecule has 3 aromatic rings. The number of amidine groups is 1. The number of halogens is 4. The standard InChI is InChI=1S/C23H25F4N7O3S/c1-4-17-20(32-13-14(3)11-29-22(32)30-17)21(35)28-12-15-6-7-18(16(24)10-15)33-8-9-34(19(5-2)31-33)38(36,37)23(25,26)27/h6-7,10-11,13H,4-5,8-9,12H2,1-3H3,(H,28,35). The number of aromatic nitrogens is 3. The van der Waals surface area contributed by atoms with Gasteiger partial charge in [0.25, 0.3) is 5.91 Å². The van der Waals surface area contributed by atoms with E-state index in [1.165, 1.54) is 19.1 Å². The van der Waals surface area contributed by atoms with Gasteiger partial charge in [0.2, 0.25) is 5.78 Å². The maximum atomic E-state index is 15.0. The van der Waals surface area contributed by atoms with Crippen LogP contribution in [0.2, 0.25) is 0 Å². The normalized spacial score (nSPS) is 14.7. The van der Waals surface area contributed by atoms with Gasteiger partial charge in [0.15, 0.2) is 0 Å². The lowest BCUT2D eigenvalue weighted by Crippen LogP contribution is -2.50. The second kappa shape index (κ2) is 10.2. The Bertz CT molecular complexity index is 1520. The van der Waals surface area contributed by atoms with Crippen LogP contribution in [-0.2, 0) is 23.0 Å². The summed E-state index contributed by atoms with van der Waals surface area (Å²) in [6.07, 6.45) is 3.79. The number of hydrogen-bond acceptors (Lipinski definition) is 7. The third-order valence-corrected chi connectivity index (χ3v) is 7.47. The molecule has 204 valence electrons. The van der Waals surface area contributed by atoms with Crippen molar-refractivity contribution in [1.82, 2.24) is 24.0 Å². The lowest BCUT2D eigenvalue weighted by molar-refractivity contribution is -0.0473. The number of anilines is 1. The van der Waals surface area contributed by atoms with Crippen LogP contribution in [0.3, 0.4) is 0 Å². The molecule has 15 heteroatoms. The van der Waals surface area contributed by atoms with Gasteiger partial charge in [-0.3, -0.25) is 14.2 Å². The van der Waals surface area contributed by atoms with Crippen LogP contribution < -0.4 is 10.3 Å². The predicted molar refractivity (Wildman–Crippen MR) is 131 cm³/mol. The molecule has 10 nitrogen and oxygen atoms in total. The third-order valence-electron chi connectivity index (χ3n) is 5.91. The van der Waals surface area contributed by atoms with Crippen molar-refractivity contribution < 1.29 is 30.8 Å². The van der Waals surface area contributed by atoms with E-state index in [0.717, 1.165) is 10.6 Å². The smallest absolute Gasteiger partial charge is 0.347 e. The molecule has 38 heavy (non-hydrogen) atoms. The highest BCUT2D eigenvalue weighted by molar-refractivity contribution is 7.90. The largest absolute Gasteiger partial charge is 0.516 e. The number of alkyl halides is 3. The number of hydrogen-bond donors (Lipinski definition) is 1. The third kappa shape index (κ3) is 5.01. The van der Waals surface area contributed by atoms with Crippen molar-refractivity contribution in [2.75, 3.05) is 18.1 Å². The number of aryl methyl sites for hydroxylation is 2. The molecule has 0 saturated carbocycles. The van der Waals surface area contributed by atoms with Crippen LogP contribution in [0.25, 0.3) is 5.78 Å². The maximum Gasteiger partial charge on any atom is 0.516 e. The van der Waals surface area contributed by atoms with Gasteiger partial charge in [0.05, 0.1) is 24.5 Å². The van der Waals surface area contributed by atoms with Crippen molar-refractivity contribution in [3.05, 3.63) is 58.9 Å². The minimum absolute atomic E-state index is 0.00720. The summed E-state index contributed by atoms with van der Waals surface area (Å²) in [5.41, 5.74) is -3.33. The first-order valence-corrected chi connectivity index (χ1v) is 13.2. The Kier molecular flexibility index (Phi) is 7.32. The Labute approximate surface area is 216 Å². The average molecular weight is 556 g/mol. The maximum absolute atomic E-state index is 15.0. The highest BCUT2D eigenvalue weighted by Gasteiger charge is 2.51. The second-order valence-corrected chi connectivity index (χ2v) is 10.4. The average Bonchev–Trinajstić information content (AvgIpc) is 3.24. The van der Waals surface area contributed by atoms with E-state index >= 15 is 0 Å². The minimum Gasteiger partial charge on any atom is -0.347 e. The monoisotopic (exact) mass is 555 g/mol. The number of benzene rings is 1. The number of carbonyl (C=O) groups excluding carboxylic acids is 1. The summed E-state index contributed by atoms with van der Waals surface area (Å²) in [6.45, 7) is 4.32. The van der Waals surface area contributed by atoms with Gasteiger partial charge in [-0.25, -0.2) is 18.7 Å². The summed E-state index contributed by atoms with van der Waals surface area (Å²) in [5.74, 6) is -1.10. The number of fused-ring (bicyclic) bond motifs is 1. The molecule has 1 aliphatic heterocycles. The van der Waals surface area contributed by atoms with Gasteiger partial charge < -0.3 is 5.32 Å². The molecular weight excluding hydrogens is 530 g/mol. The van der Waals surface area contributed by atoms with Crippen LogP contribution in [0.15, 0.2) is 35.7 Å². The molecule has 0 spiro atoms. The van der Waals surface area contributed by atoms with Crippen LogP contribution in [-0.4, -0.2) is 57.4 Å². The molecule has 0 unspecified atom stereocenters. The van der Waals surface area contributed by atoms with Crippen LogP contribution in [0.5, 0.6) is 0 Å². The highest BCUT2D eigenvalue weighted by atomic mass is 32.2. The Balaban J connectivity index is 1.51. The van der Waals surface area contributed by atoms with E-state index in [2.05, 4.69) is 20.4 Å². The van der Waals surface area contributed by atoms with E-state index in [0.29, 0.717) is 29.1 Å². The summed E-state index contributed by atoms with van der Waals surface area (Å²) in [7, 11) is -5.61. The summed E-state index contributed by atoms with van der Waals surface area (Å²) in [5, 5.41) is 7.83. The van der Waals surface area contributed by atoms with Crippen molar-refractivity contribution >= 4 is 33.2 Å². The molecule has 1 N–H and O–H groups in total. The summed E-state index contributed by atoms with van der Waals surface area (Å²) >= 11 is 0. The van der Waals surface area contributed by atoms with Gasteiger partial charge in [-0.05, 0) is 36.6 Å². The summed E-state index contributed by atoms with van der Waals surface area (Å²) in [6, 6.07) is 4.09. The van der Waals surface area contributed by atoms with Gasteiger partial charge in [-0.1, -0.05) is 19.9 Å². The molecule has 0 aliphatic carbocycles. The second-order valence-electron chi connectivity index (χ2n) is 8.55. The molecule has 3 heterocycles. The molecule has 0 radical (unpaired) electrons. The van der Waals surface area contributed by atoms with Crippen LogP contribution in [0.1, 0.15) is 47.6 Å². The first kappa shape index (κ1) is 27.3. The molecule has 4 rings (SSSR count). The van der Waals surface area contributed by atoms with Crippen molar-refractivity contribution in [2.45, 2.75) is 45.7 Å². The molecule has 2 aromatic heterocycles. The number of amides is 1. The first-order valence-electron chi connectivity index (χ1n) is 11.7. The van der Waals surface area contributed by atoms with Gasteiger partial charge in [-0.15, -0.1) is 0 Å². The lowest BCUT2D eigenvalue weighted by Gasteiger charge is -2.34. The van der Waals surface area contributed by atoms with E-state index in [9.17, 15) is 30.8 Å². The summed E-state index contributed by atoms with van der Waals surface area (Å²) < 4.78 is 79.6. The molecule has 0 saturated heterocycles. The topological polar surface area (TPSA) is 112 Å². The number of rotatable bonds is 7. The minimum atomic E-state index is -5.61. The zero-order chi connectivity index (χ0) is 27.8. The van der Waals surface area contributed by atoms with E-state index in [-0.39, 0.29) is 35.3 Å². The number of carbonyl (C=O) groups is 1. The fourth-order valence-electron chi connectivity index (χ4n) is 4.06. The Hall–Kier alpha value is -3.75. The molecule has 1 aromatic carbocycles. The van der Waals surface area contributed by atoms with Crippen LogP contribution in [0.4, 0.5) is 23.2 Å². The number of nitrogens with zero attached hydrogens (tertiary/aromatic N) is 6. The van der Waals surface area contributed by atoms with Gasteiger partial charge >= 0.3 is 15.5 Å². The summed E-state index contributed by atoms with van der Waals surface area (Å²) in [4.78, 5) is 21.6. The van der Waals surface area contributed by atoms with Gasteiger partial charge in [0, 0.05) is 25.4 Å². The zero-order valence-electron chi connectivity index (χ0n) is 20.8. The van der Waals surface area contributed by atoms with Crippen molar-refractivity contribution in [3.63, 3.8) is 0 Å². The van der Waals surface area contributed by atoms with E-state index < -0.39 is 33.8 Å².